The number of fused-ring (bicyclic) bond motifs is 6. The van der Waals surface area contributed by atoms with Gasteiger partial charge < -0.3 is 9.32 Å². The summed E-state index contributed by atoms with van der Waals surface area (Å²) in [7, 11) is 0. The summed E-state index contributed by atoms with van der Waals surface area (Å²) in [5, 5.41) is 2.25. The number of hydrogen-bond donors (Lipinski definition) is 0. The molecule has 1 heterocycles. The highest BCUT2D eigenvalue weighted by molar-refractivity contribution is 6.16. The van der Waals surface area contributed by atoms with Gasteiger partial charge in [-0.3, -0.25) is 0 Å². The summed E-state index contributed by atoms with van der Waals surface area (Å²) in [5.74, 6) is 0. The Bertz CT molecular complexity index is 2800. The van der Waals surface area contributed by atoms with Crippen LogP contribution in [0.3, 0.4) is 0 Å². The maximum absolute atomic E-state index is 6.54. The zero-order valence-corrected chi connectivity index (χ0v) is 30.9. The van der Waals surface area contributed by atoms with Gasteiger partial charge in [0.25, 0.3) is 0 Å². The van der Waals surface area contributed by atoms with E-state index in [-0.39, 0.29) is 10.8 Å². The molecule has 8 aromatic rings. The van der Waals surface area contributed by atoms with Crippen molar-refractivity contribution in [1.82, 2.24) is 0 Å². The third-order valence-corrected chi connectivity index (χ3v) is 11.9. The van der Waals surface area contributed by atoms with E-state index in [4.69, 9.17) is 4.42 Å². The van der Waals surface area contributed by atoms with Crippen LogP contribution in [0.15, 0.2) is 186 Å². The molecule has 2 nitrogen and oxygen atoms in total. The minimum Gasteiger partial charge on any atom is -0.456 e. The summed E-state index contributed by atoms with van der Waals surface area (Å²) in [5.41, 5.74) is 16.3. The summed E-state index contributed by atoms with van der Waals surface area (Å²) in [6, 6.07) is 57.6. The Kier molecular flexibility index (Phi) is 7.39. The average Bonchev–Trinajstić information content (AvgIpc) is 3.71. The van der Waals surface area contributed by atoms with Crippen LogP contribution in [0, 0.1) is 0 Å². The van der Waals surface area contributed by atoms with Crippen molar-refractivity contribution in [1.29, 1.82) is 0 Å². The lowest BCUT2D eigenvalue weighted by Gasteiger charge is -2.33. The Morgan fingerprint density at radius 1 is 0.500 bits per heavy atom. The van der Waals surface area contributed by atoms with E-state index in [1.54, 1.807) is 0 Å². The molecule has 1 atom stereocenters. The van der Waals surface area contributed by atoms with E-state index in [9.17, 15) is 0 Å². The number of para-hydroxylation sites is 2. The second kappa shape index (κ2) is 12.4. The van der Waals surface area contributed by atoms with Crippen molar-refractivity contribution in [3.63, 3.8) is 0 Å². The first-order valence-electron chi connectivity index (χ1n) is 19.0. The van der Waals surface area contributed by atoms with Crippen LogP contribution in [0.5, 0.6) is 0 Å². The molecule has 1 aromatic heterocycles. The average molecular weight is 696 g/mol. The topological polar surface area (TPSA) is 16.4 Å². The fraction of sp³-hybridized carbons (Fsp3) is 0.115. The molecule has 0 aliphatic heterocycles. The third kappa shape index (κ3) is 4.94. The van der Waals surface area contributed by atoms with Crippen molar-refractivity contribution in [3.8, 4) is 33.4 Å². The molecule has 260 valence electrons. The summed E-state index contributed by atoms with van der Waals surface area (Å²) in [4.78, 5) is 2.47. The maximum atomic E-state index is 6.54. The van der Waals surface area contributed by atoms with E-state index in [2.05, 4.69) is 208 Å². The number of nitrogens with zero attached hydrogens (tertiary/aromatic N) is 1. The van der Waals surface area contributed by atoms with E-state index in [0.717, 1.165) is 51.0 Å². The molecule has 0 fully saturated rings. The van der Waals surface area contributed by atoms with Gasteiger partial charge in [-0.25, -0.2) is 0 Å². The highest BCUT2D eigenvalue weighted by atomic mass is 16.3. The summed E-state index contributed by atoms with van der Waals surface area (Å²) in [6.07, 6.45) is 9.95. The molecule has 0 spiro atoms. The second-order valence-corrected chi connectivity index (χ2v) is 15.5. The van der Waals surface area contributed by atoms with E-state index in [1.807, 2.05) is 0 Å². The van der Waals surface area contributed by atoms with E-state index in [0.29, 0.717) is 0 Å². The molecule has 0 N–H and O–H groups in total. The minimum atomic E-state index is -0.146. The number of allylic oxidation sites excluding steroid dienone is 4. The van der Waals surface area contributed by atoms with Crippen molar-refractivity contribution < 1.29 is 4.42 Å². The first-order chi connectivity index (χ1) is 26.4. The Balaban J connectivity index is 1.30. The molecule has 0 saturated heterocycles. The Morgan fingerprint density at radius 3 is 1.96 bits per heavy atom. The number of furan rings is 1. The maximum Gasteiger partial charge on any atom is 0.136 e. The normalized spacial score (nSPS) is 16.8. The molecule has 7 aromatic carbocycles. The van der Waals surface area contributed by atoms with Crippen LogP contribution in [-0.2, 0) is 10.8 Å². The fourth-order valence-corrected chi connectivity index (χ4v) is 9.20. The highest BCUT2D eigenvalue weighted by Gasteiger charge is 2.36. The van der Waals surface area contributed by atoms with Gasteiger partial charge in [0.2, 0.25) is 0 Å². The van der Waals surface area contributed by atoms with Crippen molar-refractivity contribution in [3.05, 3.63) is 199 Å². The molecular weight excluding hydrogens is 655 g/mol. The zero-order chi connectivity index (χ0) is 36.4. The smallest absolute Gasteiger partial charge is 0.136 e. The van der Waals surface area contributed by atoms with Crippen LogP contribution in [0.1, 0.15) is 43.9 Å². The van der Waals surface area contributed by atoms with Crippen LogP contribution in [0.4, 0.5) is 17.1 Å². The van der Waals surface area contributed by atoms with Crippen molar-refractivity contribution in [2.45, 2.75) is 38.0 Å². The first-order valence-corrected chi connectivity index (χ1v) is 19.0. The molecular formula is C52H41NO. The van der Waals surface area contributed by atoms with E-state index < -0.39 is 0 Å². The lowest BCUT2D eigenvalue weighted by molar-refractivity contribution is 0.601. The summed E-state index contributed by atoms with van der Waals surface area (Å²) in [6.45, 7) is 7.08. The molecule has 54 heavy (non-hydrogen) atoms. The summed E-state index contributed by atoms with van der Waals surface area (Å²) < 4.78 is 6.54. The lowest BCUT2D eigenvalue weighted by atomic mass is 9.73. The van der Waals surface area contributed by atoms with Gasteiger partial charge in [-0.1, -0.05) is 160 Å². The summed E-state index contributed by atoms with van der Waals surface area (Å²) >= 11 is 0. The second-order valence-electron chi connectivity index (χ2n) is 15.5. The number of anilines is 3. The molecule has 2 heteroatoms. The molecule has 0 radical (unpaired) electrons. The number of rotatable bonds is 6. The Morgan fingerprint density at radius 2 is 1.15 bits per heavy atom. The third-order valence-electron chi connectivity index (χ3n) is 11.9. The lowest BCUT2D eigenvalue weighted by Crippen LogP contribution is -2.20. The van der Waals surface area contributed by atoms with Crippen LogP contribution in [0.2, 0.25) is 0 Å². The predicted molar refractivity (Wildman–Crippen MR) is 227 cm³/mol. The van der Waals surface area contributed by atoms with Crippen molar-refractivity contribution in [2.24, 2.45) is 0 Å². The largest absolute Gasteiger partial charge is 0.456 e. The van der Waals surface area contributed by atoms with Crippen LogP contribution < -0.4 is 4.90 Å². The van der Waals surface area contributed by atoms with Gasteiger partial charge in [0, 0.05) is 38.5 Å². The van der Waals surface area contributed by atoms with Crippen LogP contribution in [-0.4, -0.2) is 0 Å². The number of benzene rings is 7. The fourth-order valence-electron chi connectivity index (χ4n) is 9.20. The van der Waals surface area contributed by atoms with Gasteiger partial charge in [0.1, 0.15) is 11.2 Å². The first kappa shape index (κ1) is 32.3. The molecule has 0 saturated carbocycles. The van der Waals surface area contributed by atoms with Crippen molar-refractivity contribution in [2.75, 3.05) is 4.90 Å². The number of hydrogen-bond acceptors (Lipinski definition) is 2. The minimum absolute atomic E-state index is 0.132. The Hall–Kier alpha value is -6.38. The van der Waals surface area contributed by atoms with Crippen LogP contribution in [0.25, 0.3) is 55.3 Å². The van der Waals surface area contributed by atoms with E-state index >= 15 is 0 Å². The zero-order valence-electron chi connectivity index (χ0n) is 30.9. The van der Waals surface area contributed by atoms with Crippen molar-refractivity contribution >= 4 is 39.0 Å². The SMILES string of the molecule is CC1(c2ccccc2-c2cccc(N(c3ccccc3)c3ccc4c(c3)C(C)(C)c3ccccc3-4)c2-c2cccc3oc4ccccc4c23)C=CC=CC1. The predicted octanol–water partition coefficient (Wildman–Crippen LogP) is 14.5. The molecule has 1 unspecified atom stereocenters. The van der Waals surface area contributed by atoms with Gasteiger partial charge in [-0.2, -0.15) is 0 Å². The molecule has 0 bridgehead atoms. The van der Waals surface area contributed by atoms with Gasteiger partial charge in [0.15, 0.2) is 0 Å². The van der Waals surface area contributed by atoms with Gasteiger partial charge >= 0.3 is 0 Å². The molecule has 10 rings (SSSR count). The Labute approximate surface area is 317 Å². The van der Waals surface area contributed by atoms with Gasteiger partial charge in [-0.15, -0.1) is 0 Å². The standard InChI is InChI=1S/C52H41NO/c1-51(2)43-25-11-8-20-37(43)39-31-30-36(34-45(39)51)53(35-18-6-4-7-19-35)46-27-16-23-40(38-21-9-12-26-44(38)52(3)32-14-5-15-33-52)49(46)42-24-17-29-48-50(42)41-22-10-13-28-47(41)54-48/h4-32,34H,33H2,1-3H3. The molecule has 0 amide bonds. The highest BCUT2D eigenvalue weighted by Crippen LogP contribution is 2.53. The van der Waals surface area contributed by atoms with E-state index in [1.165, 1.54) is 44.5 Å². The monoisotopic (exact) mass is 695 g/mol. The molecule has 2 aliphatic carbocycles. The molecule has 2 aliphatic rings. The van der Waals surface area contributed by atoms with Gasteiger partial charge in [-0.05, 0) is 93.4 Å². The quantitative estimate of drug-likeness (QED) is 0.172. The van der Waals surface area contributed by atoms with Crippen LogP contribution >= 0.6 is 0 Å². The van der Waals surface area contributed by atoms with Gasteiger partial charge in [0.05, 0.1) is 5.69 Å².